The van der Waals surface area contributed by atoms with Crippen molar-refractivity contribution in [2.45, 2.75) is 31.3 Å². The average molecular weight is 320 g/mol. The van der Waals surface area contributed by atoms with Gasteiger partial charge in [0.05, 0.1) is 24.3 Å². The van der Waals surface area contributed by atoms with Gasteiger partial charge in [-0.3, -0.25) is 9.59 Å². The molecule has 1 aliphatic heterocycles. The first kappa shape index (κ1) is 16.5. The Morgan fingerprint density at radius 3 is 2.82 bits per heavy atom. The van der Waals surface area contributed by atoms with Crippen molar-refractivity contribution >= 4 is 5.91 Å². The van der Waals surface area contributed by atoms with Gasteiger partial charge in [-0.05, 0) is 12.5 Å². The van der Waals surface area contributed by atoms with Gasteiger partial charge in [0.15, 0.2) is 0 Å². The first-order valence-corrected chi connectivity index (χ1v) is 6.60. The normalized spacial score (nSPS) is 22.4. The smallest absolute Gasteiger partial charge is 0.389 e. The Morgan fingerprint density at radius 2 is 2.18 bits per heavy atom. The van der Waals surface area contributed by atoms with Crippen LogP contribution in [0.3, 0.4) is 0 Å². The molecule has 2 atom stereocenters. The number of aliphatic hydroxyl groups is 1. The predicted octanol–water partition coefficient (Wildman–Crippen LogP) is 0.133. The van der Waals surface area contributed by atoms with Gasteiger partial charge >= 0.3 is 6.18 Å². The van der Waals surface area contributed by atoms with Crippen molar-refractivity contribution in [1.29, 1.82) is 0 Å². The van der Waals surface area contributed by atoms with Crippen LogP contribution < -0.4 is 10.9 Å². The number of nitrogens with zero attached hydrogens (tertiary/aromatic N) is 1. The highest BCUT2D eigenvalue weighted by atomic mass is 19.4. The lowest BCUT2D eigenvalue weighted by Crippen LogP contribution is -2.49. The molecule has 122 valence electrons. The lowest BCUT2D eigenvalue weighted by atomic mass is 10.1. The second-order valence-corrected chi connectivity index (χ2v) is 4.99. The van der Waals surface area contributed by atoms with E-state index in [0.717, 1.165) is 6.07 Å². The zero-order chi connectivity index (χ0) is 16.3. The number of hydrogen-bond donors (Lipinski definition) is 2. The number of pyridine rings is 1. The third-order valence-corrected chi connectivity index (χ3v) is 3.30. The Labute approximate surface area is 123 Å². The molecular weight excluding hydrogens is 305 g/mol. The van der Waals surface area contributed by atoms with Crippen molar-refractivity contribution in [2.75, 3.05) is 13.2 Å². The van der Waals surface area contributed by atoms with Crippen LogP contribution in [0.2, 0.25) is 0 Å². The van der Waals surface area contributed by atoms with Crippen LogP contribution in [0.15, 0.2) is 23.1 Å². The molecule has 2 heterocycles. The highest BCUT2D eigenvalue weighted by molar-refractivity contribution is 5.76. The molecule has 1 fully saturated rings. The Kier molecular flexibility index (Phi) is 4.87. The molecule has 1 amide bonds. The van der Waals surface area contributed by atoms with E-state index < -0.39 is 41.9 Å². The first-order valence-electron chi connectivity index (χ1n) is 6.60. The molecule has 2 rings (SSSR count). The summed E-state index contributed by atoms with van der Waals surface area (Å²) < 4.78 is 43.5. The van der Waals surface area contributed by atoms with Crippen LogP contribution in [-0.4, -0.2) is 40.9 Å². The summed E-state index contributed by atoms with van der Waals surface area (Å²) in [6.45, 7) is -0.104. The van der Waals surface area contributed by atoms with Gasteiger partial charge in [0.25, 0.3) is 5.56 Å². The summed E-state index contributed by atoms with van der Waals surface area (Å²) in [5.41, 5.74) is -1.72. The van der Waals surface area contributed by atoms with Crippen LogP contribution in [0.25, 0.3) is 0 Å². The average Bonchev–Trinajstić information content (AvgIpc) is 2.42. The van der Waals surface area contributed by atoms with Crippen LogP contribution in [-0.2, 0) is 22.3 Å². The molecule has 9 heteroatoms. The highest BCUT2D eigenvalue weighted by Gasteiger charge is 2.31. The van der Waals surface area contributed by atoms with E-state index in [4.69, 9.17) is 4.74 Å². The summed E-state index contributed by atoms with van der Waals surface area (Å²) in [4.78, 5) is 23.4. The van der Waals surface area contributed by atoms with Gasteiger partial charge in [-0.1, -0.05) is 0 Å². The molecular formula is C13H15F3N2O4. The van der Waals surface area contributed by atoms with Crippen molar-refractivity contribution in [1.82, 2.24) is 9.88 Å². The lowest BCUT2D eigenvalue weighted by molar-refractivity contribution is -0.138. The zero-order valence-electron chi connectivity index (χ0n) is 11.5. The summed E-state index contributed by atoms with van der Waals surface area (Å²) >= 11 is 0. The van der Waals surface area contributed by atoms with Crippen LogP contribution >= 0.6 is 0 Å². The Bertz CT molecular complexity index is 600. The van der Waals surface area contributed by atoms with E-state index in [2.05, 4.69) is 5.32 Å². The van der Waals surface area contributed by atoms with Gasteiger partial charge in [-0.15, -0.1) is 0 Å². The molecule has 1 aromatic rings. The number of halogens is 3. The van der Waals surface area contributed by atoms with Crippen molar-refractivity contribution < 1.29 is 27.8 Å². The quantitative estimate of drug-likeness (QED) is 0.830. The van der Waals surface area contributed by atoms with E-state index in [0.29, 0.717) is 29.9 Å². The van der Waals surface area contributed by atoms with Gasteiger partial charge < -0.3 is 19.7 Å². The zero-order valence-corrected chi connectivity index (χ0v) is 11.5. The maximum atomic E-state index is 12.6. The third-order valence-electron chi connectivity index (χ3n) is 3.30. The van der Waals surface area contributed by atoms with Crippen LogP contribution in [0.1, 0.15) is 12.0 Å². The molecule has 0 bridgehead atoms. The fourth-order valence-electron chi connectivity index (χ4n) is 2.12. The summed E-state index contributed by atoms with van der Waals surface area (Å²) in [6.07, 6.45) is -4.48. The second-order valence-electron chi connectivity index (χ2n) is 4.99. The van der Waals surface area contributed by atoms with Crippen molar-refractivity contribution in [3.05, 3.63) is 34.2 Å². The highest BCUT2D eigenvalue weighted by Crippen LogP contribution is 2.27. The molecule has 0 aromatic carbocycles. The number of carbonyl (C=O) groups excluding carboxylic acids is 1. The summed E-state index contributed by atoms with van der Waals surface area (Å²) in [6, 6.07) is 0.890. The SMILES string of the molecule is O=C(Cn1cc(C(F)(F)F)ccc1=O)N[C@@H]1CCOC[C@H]1O. The van der Waals surface area contributed by atoms with Crippen LogP contribution in [0, 0.1) is 0 Å². The standard InChI is InChI=1S/C13H15F3N2O4/c14-13(15,16)8-1-2-12(21)18(5-8)6-11(20)17-9-3-4-22-7-10(9)19/h1-2,5,9-10,19H,3-4,6-7H2,(H,17,20)/t9-,10-/m1/s1. The third kappa shape index (κ3) is 4.08. The Balaban J connectivity index is 2.06. The number of hydrogen-bond acceptors (Lipinski definition) is 4. The predicted molar refractivity (Wildman–Crippen MR) is 69.1 cm³/mol. The number of amides is 1. The first-order chi connectivity index (χ1) is 10.3. The van der Waals surface area contributed by atoms with Crippen molar-refractivity contribution in [3.63, 3.8) is 0 Å². The molecule has 2 N–H and O–H groups in total. The maximum absolute atomic E-state index is 12.6. The van der Waals surface area contributed by atoms with Crippen LogP contribution in [0.4, 0.5) is 13.2 Å². The number of alkyl halides is 3. The summed E-state index contributed by atoms with van der Waals surface area (Å²) in [7, 11) is 0. The maximum Gasteiger partial charge on any atom is 0.417 e. The van der Waals surface area contributed by atoms with Gasteiger partial charge in [0.2, 0.25) is 5.91 Å². The number of ether oxygens (including phenoxy) is 1. The Morgan fingerprint density at radius 1 is 1.45 bits per heavy atom. The molecule has 0 unspecified atom stereocenters. The largest absolute Gasteiger partial charge is 0.417 e. The minimum absolute atomic E-state index is 0.0778. The molecule has 0 aliphatic carbocycles. The monoisotopic (exact) mass is 320 g/mol. The number of aromatic nitrogens is 1. The molecule has 0 saturated carbocycles. The topological polar surface area (TPSA) is 80.6 Å². The van der Waals surface area contributed by atoms with E-state index in [1.54, 1.807) is 0 Å². The van der Waals surface area contributed by atoms with Gasteiger partial charge in [-0.2, -0.15) is 13.2 Å². The van der Waals surface area contributed by atoms with E-state index in [1.807, 2.05) is 0 Å². The molecule has 1 aliphatic rings. The Hall–Kier alpha value is -1.87. The minimum Gasteiger partial charge on any atom is -0.389 e. The second kappa shape index (κ2) is 6.49. The van der Waals surface area contributed by atoms with Crippen LogP contribution in [0.5, 0.6) is 0 Å². The molecule has 1 aromatic heterocycles. The lowest BCUT2D eigenvalue weighted by Gasteiger charge is -2.28. The van der Waals surface area contributed by atoms with Crippen molar-refractivity contribution in [2.24, 2.45) is 0 Å². The van der Waals surface area contributed by atoms with E-state index in [1.165, 1.54) is 0 Å². The fourth-order valence-corrected chi connectivity index (χ4v) is 2.12. The fraction of sp³-hybridized carbons (Fsp3) is 0.538. The molecule has 22 heavy (non-hydrogen) atoms. The van der Waals surface area contributed by atoms with Crippen molar-refractivity contribution in [3.8, 4) is 0 Å². The van der Waals surface area contributed by atoms with E-state index in [9.17, 15) is 27.9 Å². The summed E-state index contributed by atoms with van der Waals surface area (Å²) in [5, 5.41) is 12.1. The molecule has 6 nitrogen and oxygen atoms in total. The molecule has 0 spiro atoms. The van der Waals surface area contributed by atoms with E-state index >= 15 is 0 Å². The number of nitrogens with one attached hydrogen (secondary N) is 1. The molecule has 0 radical (unpaired) electrons. The number of aliphatic hydroxyl groups excluding tert-OH is 1. The van der Waals surface area contributed by atoms with E-state index in [-0.39, 0.29) is 6.61 Å². The van der Waals surface area contributed by atoms with Gasteiger partial charge in [0, 0.05) is 18.9 Å². The number of rotatable bonds is 3. The minimum atomic E-state index is -4.59. The molecule has 1 saturated heterocycles. The van der Waals surface area contributed by atoms with Gasteiger partial charge in [-0.25, -0.2) is 0 Å². The van der Waals surface area contributed by atoms with Gasteiger partial charge in [0.1, 0.15) is 6.54 Å². The number of carbonyl (C=O) groups is 1. The summed E-state index contributed by atoms with van der Waals surface area (Å²) in [5.74, 6) is -0.646.